The molecule has 1 aliphatic rings. The van der Waals surface area contributed by atoms with Crippen LogP contribution in [0.3, 0.4) is 0 Å². The second-order valence-electron chi connectivity index (χ2n) is 6.44. The fourth-order valence-corrected chi connectivity index (χ4v) is 4.04. The molecule has 0 bridgehead atoms. The summed E-state index contributed by atoms with van der Waals surface area (Å²) in [5.41, 5.74) is 1.75. The largest absolute Gasteiger partial charge is 0.341 e. The monoisotopic (exact) mass is 368 g/mol. The number of thioether (sulfide) groups is 1. The first-order valence-corrected chi connectivity index (χ1v) is 9.69. The van der Waals surface area contributed by atoms with Crippen LogP contribution in [0.25, 0.3) is 5.65 Å². The van der Waals surface area contributed by atoms with E-state index < -0.39 is 0 Å². The number of nitrogens with zero attached hydrogens (tertiary/aromatic N) is 6. The van der Waals surface area contributed by atoms with Crippen LogP contribution in [0.5, 0.6) is 0 Å². The third-order valence-corrected chi connectivity index (χ3v) is 5.42. The van der Waals surface area contributed by atoms with Gasteiger partial charge in [0.05, 0.1) is 5.75 Å². The van der Waals surface area contributed by atoms with Crippen molar-refractivity contribution in [3.63, 3.8) is 0 Å². The van der Waals surface area contributed by atoms with Crippen LogP contribution in [0.1, 0.15) is 30.3 Å². The molecule has 4 heterocycles. The molecule has 26 heavy (non-hydrogen) atoms. The van der Waals surface area contributed by atoms with Crippen molar-refractivity contribution in [1.82, 2.24) is 29.5 Å². The number of hydrogen-bond donors (Lipinski definition) is 0. The molecule has 1 saturated heterocycles. The number of fused-ring (bicyclic) bond motifs is 1. The summed E-state index contributed by atoms with van der Waals surface area (Å²) in [6.45, 7) is 3.40. The van der Waals surface area contributed by atoms with E-state index in [1.54, 1.807) is 6.20 Å². The van der Waals surface area contributed by atoms with Crippen molar-refractivity contribution in [3.05, 3.63) is 48.2 Å². The Balaban J connectivity index is 1.42. The molecule has 1 amide bonds. The van der Waals surface area contributed by atoms with Gasteiger partial charge >= 0.3 is 0 Å². The second kappa shape index (κ2) is 7.41. The van der Waals surface area contributed by atoms with E-state index in [1.165, 1.54) is 11.8 Å². The number of piperidine rings is 1. The van der Waals surface area contributed by atoms with Crippen LogP contribution in [0.15, 0.2) is 41.8 Å². The molecule has 1 aliphatic heterocycles. The summed E-state index contributed by atoms with van der Waals surface area (Å²) in [6, 6.07) is 7.73. The van der Waals surface area contributed by atoms with E-state index in [2.05, 4.69) is 20.2 Å². The molecule has 0 unspecified atom stereocenters. The Kier molecular flexibility index (Phi) is 4.83. The molecule has 0 saturated carbocycles. The van der Waals surface area contributed by atoms with Gasteiger partial charge in [-0.3, -0.25) is 9.20 Å². The molecule has 0 aromatic carbocycles. The summed E-state index contributed by atoms with van der Waals surface area (Å²) in [5, 5.41) is 9.25. The number of carbonyl (C=O) groups excluding carboxylic acids is 1. The maximum absolute atomic E-state index is 12.6. The molecule has 8 heteroatoms. The van der Waals surface area contributed by atoms with Gasteiger partial charge in [0.15, 0.2) is 10.8 Å². The minimum atomic E-state index is 0.124. The van der Waals surface area contributed by atoms with Crippen LogP contribution in [-0.2, 0) is 4.79 Å². The van der Waals surface area contributed by atoms with Gasteiger partial charge < -0.3 is 4.90 Å². The number of amides is 1. The van der Waals surface area contributed by atoms with Crippen molar-refractivity contribution in [1.29, 1.82) is 0 Å². The number of aromatic nitrogens is 5. The normalized spacial score (nSPS) is 17.6. The maximum atomic E-state index is 12.6. The number of pyridine rings is 1. The molecule has 1 atom stereocenters. The van der Waals surface area contributed by atoms with Crippen LogP contribution < -0.4 is 0 Å². The third kappa shape index (κ3) is 3.55. The lowest BCUT2D eigenvalue weighted by Crippen LogP contribution is -2.40. The molecule has 7 nitrogen and oxygen atoms in total. The number of carbonyl (C=O) groups is 1. The highest BCUT2D eigenvalue weighted by molar-refractivity contribution is 7.99. The van der Waals surface area contributed by atoms with E-state index in [0.29, 0.717) is 17.5 Å². The minimum absolute atomic E-state index is 0.124. The summed E-state index contributed by atoms with van der Waals surface area (Å²) in [6.07, 6.45) is 5.70. The SMILES string of the molecule is Cc1ccnc(SCC(=O)N2CCC[C@H](c3nnc4ccccn34)C2)n1. The molecule has 0 spiro atoms. The van der Waals surface area contributed by atoms with Gasteiger partial charge in [0.25, 0.3) is 0 Å². The van der Waals surface area contributed by atoms with Crippen molar-refractivity contribution in [2.45, 2.75) is 30.8 Å². The van der Waals surface area contributed by atoms with Gasteiger partial charge in [-0.25, -0.2) is 9.97 Å². The minimum Gasteiger partial charge on any atom is -0.341 e. The number of rotatable bonds is 4. The zero-order valence-corrected chi connectivity index (χ0v) is 15.4. The quantitative estimate of drug-likeness (QED) is 0.520. The Bertz CT molecular complexity index is 927. The molecular weight excluding hydrogens is 348 g/mol. The van der Waals surface area contributed by atoms with Gasteiger partial charge in [-0.1, -0.05) is 17.8 Å². The van der Waals surface area contributed by atoms with E-state index in [-0.39, 0.29) is 11.8 Å². The average molecular weight is 368 g/mol. The van der Waals surface area contributed by atoms with E-state index in [0.717, 1.165) is 36.6 Å². The summed E-state index contributed by atoms with van der Waals surface area (Å²) < 4.78 is 2.02. The first kappa shape index (κ1) is 17.0. The molecule has 0 N–H and O–H groups in total. The zero-order chi connectivity index (χ0) is 17.9. The highest BCUT2D eigenvalue weighted by Crippen LogP contribution is 2.26. The number of aryl methyl sites for hydroxylation is 1. The van der Waals surface area contributed by atoms with E-state index in [9.17, 15) is 4.79 Å². The van der Waals surface area contributed by atoms with E-state index in [4.69, 9.17) is 0 Å². The Morgan fingerprint density at radius 1 is 1.31 bits per heavy atom. The first-order valence-electron chi connectivity index (χ1n) is 8.70. The van der Waals surface area contributed by atoms with Gasteiger partial charge in [-0.2, -0.15) is 0 Å². The molecule has 0 aliphatic carbocycles. The van der Waals surface area contributed by atoms with E-state index in [1.807, 2.05) is 46.7 Å². The number of likely N-dealkylation sites (tertiary alicyclic amines) is 1. The summed E-state index contributed by atoms with van der Waals surface area (Å²) in [7, 11) is 0. The Labute approximate surface area is 155 Å². The van der Waals surface area contributed by atoms with Crippen molar-refractivity contribution in [3.8, 4) is 0 Å². The molecule has 3 aromatic rings. The lowest BCUT2D eigenvalue weighted by Gasteiger charge is -2.31. The van der Waals surface area contributed by atoms with Crippen LogP contribution in [-0.4, -0.2) is 54.2 Å². The molecular formula is C18H20N6OS. The Morgan fingerprint density at radius 2 is 2.23 bits per heavy atom. The van der Waals surface area contributed by atoms with Gasteiger partial charge in [-0.05, 0) is 38.0 Å². The van der Waals surface area contributed by atoms with Gasteiger partial charge in [-0.15, -0.1) is 10.2 Å². The van der Waals surface area contributed by atoms with Crippen LogP contribution in [0.4, 0.5) is 0 Å². The first-order chi connectivity index (χ1) is 12.7. The van der Waals surface area contributed by atoms with Crippen molar-refractivity contribution in [2.24, 2.45) is 0 Å². The maximum Gasteiger partial charge on any atom is 0.233 e. The fourth-order valence-electron chi connectivity index (χ4n) is 3.27. The second-order valence-corrected chi connectivity index (χ2v) is 7.38. The summed E-state index contributed by atoms with van der Waals surface area (Å²) >= 11 is 1.39. The smallest absolute Gasteiger partial charge is 0.233 e. The third-order valence-electron chi connectivity index (χ3n) is 4.58. The van der Waals surface area contributed by atoms with Crippen LogP contribution in [0.2, 0.25) is 0 Å². The standard InChI is InChI=1S/C18H20N6OS/c1-13-7-8-19-18(20-13)26-12-16(25)23-9-4-5-14(11-23)17-22-21-15-6-2-3-10-24(15)17/h2-3,6-8,10,14H,4-5,9,11-12H2,1H3/t14-/m0/s1. The highest BCUT2D eigenvalue weighted by Gasteiger charge is 2.27. The van der Waals surface area contributed by atoms with Crippen molar-refractivity contribution < 1.29 is 4.79 Å². The highest BCUT2D eigenvalue weighted by atomic mass is 32.2. The molecule has 1 fully saturated rings. The summed E-state index contributed by atoms with van der Waals surface area (Å²) in [5.74, 6) is 1.63. The van der Waals surface area contributed by atoms with Crippen molar-refractivity contribution in [2.75, 3.05) is 18.8 Å². The predicted octanol–water partition coefficient (Wildman–Crippen LogP) is 2.33. The van der Waals surface area contributed by atoms with Gasteiger partial charge in [0, 0.05) is 37.1 Å². The Hall–Kier alpha value is -2.48. The lowest BCUT2D eigenvalue weighted by molar-refractivity contribution is -0.129. The van der Waals surface area contributed by atoms with Gasteiger partial charge in [0.1, 0.15) is 5.82 Å². The zero-order valence-electron chi connectivity index (χ0n) is 14.6. The molecule has 134 valence electrons. The predicted molar refractivity (Wildman–Crippen MR) is 99.0 cm³/mol. The topological polar surface area (TPSA) is 76.3 Å². The summed E-state index contributed by atoms with van der Waals surface area (Å²) in [4.78, 5) is 23.1. The van der Waals surface area contributed by atoms with Crippen LogP contribution >= 0.6 is 11.8 Å². The average Bonchev–Trinajstić information content (AvgIpc) is 3.10. The van der Waals surface area contributed by atoms with E-state index >= 15 is 0 Å². The molecule has 0 radical (unpaired) electrons. The number of hydrogen-bond acceptors (Lipinski definition) is 6. The Morgan fingerprint density at radius 3 is 3.12 bits per heavy atom. The van der Waals surface area contributed by atoms with Crippen LogP contribution in [0, 0.1) is 6.92 Å². The fraction of sp³-hybridized carbons (Fsp3) is 0.389. The lowest BCUT2D eigenvalue weighted by atomic mass is 9.97. The molecule has 4 rings (SSSR count). The van der Waals surface area contributed by atoms with Gasteiger partial charge in [0.2, 0.25) is 5.91 Å². The van der Waals surface area contributed by atoms with Crippen molar-refractivity contribution >= 4 is 23.3 Å². The molecule has 3 aromatic heterocycles.